The molecule has 0 amide bonds. The van der Waals surface area contributed by atoms with Gasteiger partial charge in [0.15, 0.2) is 0 Å². The largest absolute Gasteiger partial charge is 0.379 e. The zero-order valence-corrected chi connectivity index (χ0v) is 18.9. The third-order valence-corrected chi connectivity index (χ3v) is 6.72. The standard InChI is InChI=1S/C32H26N2/c1-5-13-27-23(9-1)17-18-24-10-2-6-14-28(24)31(27)33-21-22-34-32-29-15-7-3-11-25(29)19-20-26-12-4-8-16-30(26)32/h1-22,31-34H/b22-21-. The molecule has 0 saturated heterocycles. The molecular formula is C32H26N2. The second-order valence-electron chi connectivity index (χ2n) is 8.72. The fourth-order valence-corrected chi connectivity index (χ4v) is 5.04. The van der Waals surface area contributed by atoms with Gasteiger partial charge in [0.2, 0.25) is 0 Å². The topological polar surface area (TPSA) is 24.1 Å². The Hall–Kier alpha value is -4.30. The molecule has 4 aromatic carbocycles. The van der Waals surface area contributed by atoms with Crippen molar-refractivity contribution in [3.05, 3.63) is 154 Å². The second-order valence-corrected chi connectivity index (χ2v) is 8.72. The Labute approximate surface area is 201 Å². The molecule has 2 nitrogen and oxygen atoms in total. The summed E-state index contributed by atoms with van der Waals surface area (Å²) in [6, 6.07) is 34.6. The van der Waals surface area contributed by atoms with Gasteiger partial charge in [0, 0.05) is 12.4 Å². The molecule has 164 valence electrons. The van der Waals surface area contributed by atoms with Crippen molar-refractivity contribution in [3.63, 3.8) is 0 Å². The van der Waals surface area contributed by atoms with Crippen LogP contribution in [0.4, 0.5) is 0 Å². The monoisotopic (exact) mass is 438 g/mol. The average Bonchev–Trinajstić information content (AvgIpc) is 3.15. The van der Waals surface area contributed by atoms with Gasteiger partial charge in [-0.2, -0.15) is 0 Å². The van der Waals surface area contributed by atoms with E-state index in [1.165, 1.54) is 44.5 Å². The number of rotatable bonds is 4. The lowest BCUT2D eigenvalue weighted by Crippen LogP contribution is -2.22. The Morgan fingerprint density at radius 2 is 0.647 bits per heavy atom. The summed E-state index contributed by atoms with van der Waals surface area (Å²) in [7, 11) is 0. The maximum absolute atomic E-state index is 3.68. The summed E-state index contributed by atoms with van der Waals surface area (Å²) in [6.45, 7) is 0. The first-order chi connectivity index (χ1) is 16.9. The van der Waals surface area contributed by atoms with Gasteiger partial charge in [-0.3, -0.25) is 0 Å². The Morgan fingerprint density at radius 1 is 0.382 bits per heavy atom. The van der Waals surface area contributed by atoms with Gasteiger partial charge in [0.25, 0.3) is 0 Å². The molecular weight excluding hydrogens is 412 g/mol. The molecule has 0 fully saturated rings. The van der Waals surface area contributed by atoms with Crippen molar-refractivity contribution in [1.29, 1.82) is 0 Å². The van der Waals surface area contributed by atoms with Crippen LogP contribution in [0.5, 0.6) is 0 Å². The van der Waals surface area contributed by atoms with Crippen molar-refractivity contribution >= 4 is 24.3 Å². The molecule has 6 rings (SSSR count). The van der Waals surface area contributed by atoms with E-state index in [0.717, 1.165) is 0 Å². The lowest BCUT2D eigenvalue weighted by atomic mass is 9.94. The average molecular weight is 439 g/mol. The third-order valence-electron chi connectivity index (χ3n) is 6.72. The van der Waals surface area contributed by atoms with Crippen LogP contribution < -0.4 is 10.6 Å². The molecule has 0 heterocycles. The Morgan fingerprint density at radius 3 is 0.941 bits per heavy atom. The SMILES string of the molecule is C1=Cc2ccccc2C(N/C=C\NC2c3ccccc3C=Cc3ccccc32)c2ccccc21. The molecule has 0 radical (unpaired) electrons. The first kappa shape index (κ1) is 20.3. The van der Waals surface area contributed by atoms with Crippen LogP contribution in [0, 0.1) is 0 Å². The van der Waals surface area contributed by atoms with Gasteiger partial charge in [-0.15, -0.1) is 0 Å². The van der Waals surface area contributed by atoms with Crippen LogP contribution in [0.1, 0.15) is 56.6 Å². The van der Waals surface area contributed by atoms with Crippen molar-refractivity contribution in [2.75, 3.05) is 0 Å². The zero-order valence-electron chi connectivity index (χ0n) is 18.9. The molecule has 34 heavy (non-hydrogen) atoms. The molecule has 2 heteroatoms. The summed E-state index contributed by atoms with van der Waals surface area (Å²) >= 11 is 0. The number of benzene rings is 4. The fourth-order valence-electron chi connectivity index (χ4n) is 5.04. The third kappa shape index (κ3) is 3.74. The van der Waals surface area contributed by atoms with E-state index in [-0.39, 0.29) is 12.1 Å². The van der Waals surface area contributed by atoms with E-state index in [1.54, 1.807) is 0 Å². The van der Waals surface area contributed by atoms with Crippen LogP contribution in [-0.2, 0) is 0 Å². The molecule has 4 aromatic rings. The predicted molar refractivity (Wildman–Crippen MR) is 143 cm³/mol. The van der Waals surface area contributed by atoms with E-state index in [9.17, 15) is 0 Å². The van der Waals surface area contributed by atoms with E-state index >= 15 is 0 Å². The Kier molecular flexibility index (Phi) is 5.33. The van der Waals surface area contributed by atoms with Gasteiger partial charge in [-0.1, -0.05) is 121 Å². The molecule has 2 N–H and O–H groups in total. The summed E-state index contributed by atoms with van der Waals surface area (Å²) in [5.74, 6) is 0. The summed E-state index contributed by atoms with van der Waals surface area (Å²) < 4.78 is 0. The minimum Gasteiger partial charge on any atom is -0.379 e. The molecule has 2 aliphatic carbocycles. The van der Waals surface area contributed by atoms with E-state index in [1.807, 2.05) is 12.4 Å². The highest BCUT2D eigenvalue weighted by Crippen LogP contribution is 2.34. The molecule has 0 unspecified atom stereocenters. The Balaban J connectivity index is 1.31. The lowest BCUT2D eigenvalue weighted by Gasteiger charge is -2.22. The summed E-state index contributed by atoms with van der Waals surface area (Å²) in [5, 5.41) is 7.36. The number of fused-ring (bicyclic) bond motifs is 4. The molecule has 2 aliphatic rings. The normalized spacial score (nSPS) is 14.5. The summed E-state index contributed by atoms with van der Waals surface area (Å²) in [4.78, 5) is 0. The van der Waals surface area contributed by atoms with Gasteiger partial charge in [0.1, 0.15) is 0 Å². The molecule has 0 aliphatic heterocycles. The second kappa shape index (κ2) is 8.92. The number of hydrogen-bond donors (Lipinski definition) is 2. The van der Waals surface area contributed by atoms with Crippen LogP contribution in [0.15, 0.2) is 109 Å². The van der Waals surface area contributed by atoms with Crippen LogP contribution >= 0.6 is 0 Å². The van der Waals surface area contributed by atoms with Gasteiger partial charge in [-0.05, 0) is 44.5 Å². The maximum atomic E-state index is 3.68. The van der Waals surface area contributed by atoms with Crippen LogP contribution in [0.3, 0.4) is 0 Å². The molecule has 0 bridgehead atoms. The minimum atomic E-state index is 0.0795. The van der Waals surface area contributed by atoms with Crippen molar-refractivity contribution < 1.29 is 0 Å². The number of hydrogen-bond acceptors (Lipinski definition) is 2. The molecule has 0 atom stereocenters. The van der Waals surface area contributed by atoms with Gasteiger partial charge >= 0.3 is 0 Å². The molecule has 0 aromatic heterocycles. The highest BCUT2D eigenvalue weighted by Gasteiger charge is 2.21. The summed E-state index contributed by atoms with van der Waals surface area (Å²) in [5.41, 5.74) is 10.1. The smallest absolute Gasteiger partial charge is 0.0774 e. The molecule has 0 saturated carbocycles. The fraction of sp³-hybridized carbons (Fsp3) is 0.0625. The lowest BCUT2D eigenvalue weighted by molar-refractivity contribution is 0.695. The zero-order chi connectivity index (χ0) is 22.7. The van der Waals surface area contributed by atoms with E-state index in [2.05, 4.69) is 132 Å². The van der Waals surface area contributed by atoms with E-state index in [0.29, 0.717) is 0 Å². The minimum absolute atomic E-state index is 0.0795. The van der Waals surface area contributed by atoms with Crippen LogP contribution in [0.25, 0.3) is 24.3 Å². The van der Waals surface area contributed by atoms with Crippen molar-refractivity contribution in [3.8, 4) is 0 Å². The van der Waals surface area contributed by atoms with E-state index in [4.69, 9.17) is 0 Å². The molecule has 0 spiro atoms. The van der Waals surface area contributed by atoms with Gasteiger partial charge in [0.05, 0.1) is 12.1 Å². The van der Waals surface area contributed by atoms with Crippen LogP contribution in [-0.4, -0.2) is 0 Å². The van der Waals surface area contributed by atoms with E-state index < -0.39 is 0 Å². The van der Waals surface area contributed by atoms with Crippen molar-refractivity contribution in [2.24, 2.45) is 0 Å². The van der Waals surface area contributed by atoms with Crippen molar-refractivity contribution in [1.82, 2.24) is 10.6 Å². The maximum Gasteiger partial charge on any atom is 0.0774 e. The Bertz CT molecular complexity index is 1220. The van der Waals surface area contributed by atoms with Gasteiger partial charge in [-0.25, -0.2) is 0 Å². The first-order valence-corrected chi connectivity index (χ1v) is 11.8. The first-order valence-electron chi connectivity index (χ1n) is 11.8. The highest BCUT2D eigenvalue weighted by molar-refractivity contribution is 5.77. The van der Waals surface area contributed by atoms with Crippen molar-refractivity contribution in [2.45, 2.75) is 12.1 Å². The number of nitrogens with one attached hydrogen (secondary N) is 2. The highest BCUT2D eigenvalue weighted by atomic mass is 14.9. The van der Waals surface area contributed by atoms with Gasteiger partial charge < -0.3 is 10.6 Å². The van der Waals surface area contributed by atoms with Crippen LogP contribution in [0.2, 0.25) is 0 Å². The quantitative estimate of drug-likeness (QED) is 0.352. The summed E-state index contributed by atoms with van der Waals surface area (Å²) in [6.07, 6.45) is 12.9. The predicted octanol–water partition coefficient (Wildman–Crippen LogP) is 7.18.